The van der Waals surface area contributed by atoms with Crippen molar-refractivity contribution in [3.05, 3.63) is 54.1 Å². The summed E-state index contributed by atoms with van der Waals surface area (Å²) in [5, 5.41) is 6.93. The molecule has 5 heteroatoms. The molecule has 0 aliphatic carbocycles. The van der Waals surface area contributed by atoms with Gasteiger partial charge in [0, 0.05) is 12.2 Å². The van der Waals surface area contributed by atoms with Crippen molar-refractivity contribution in [1.82, 2.24) is 5.32 Å². The lowest BCUT2D eigenvalue weighted by atomic mass is 10.2. The molecule has 0 spiro atoms. The molecule has 122 valence electrons. The third kappa shape index (κ3) is 5.79. The number of anilines is 1. The Morgan fingerprint density at radius 1 is 0.870 bits per heavy atom. The maximum atomic E-state index is 5.42. The van der Waals surface area contributed by atoms with E-state index >= 15 is 0 Å². The zero-order chi connectivity index (χ0) is 16.5. The minimum atomic E-state index is 0.586. The Balaban J connectivity index is 1.80. The Bertz CT molecular complexity index is 612. The molecule has 2 aromatic carbocycles. The molecule has 0 amide bonds. The molecule has 0 fully saturated rings. The highest BCUT2D eigenvalue weighted by molar-refractivity contribution is 7.80. The number of benzene rings is 2. The maximum Gasteiger partial charge on any atom is 0.171 e. The summed E-state index contributed by atoms with van der Waals surface area (Å²) in [4.78, 5) is 0. The first-order valence-electron chi connectivity index (χ1n) is 7.70. The van der Waals surface area contributed by atoms with E-state index in [1.165, 1.54) is 0 Å². The van der Waals surface area contributed by atoms with Gasteiger partial charge in [0.1, 0.15) is 11.5 Å². The fraction of sp³-hybridized carbons (Fsp3) is 0.278. The number of thiocarbonyl (C=S) groups is 1. The maximum absolute atomic E-state index is 5.42. The van der Waals surface area contributed by atoms with Gasteiger partial charge in [0.2, 0.25) is 0 Å². The number of rotatable bonds is 7. The summed E-state index contributed by atoms with van der Waals surface area (Å²) >= 11 is 5.31. The molecule has 23 heavy (non-hydrogen) atoms. The first-order chi connectivity index (χ1) is 11.2. The zero-order valence-electron chi connectivity index (χ0n) is 13.5. The van der Waals surface area contributed by atoms with Crippen molar-refractivity contribution in [1.29, 1.82) is 0 Å². The van der Waals surface area contributed by atoms with Crippen molar-refractivity contribution in [3.8, 4) is 11.5 Å². The van der Waals surface area contributed by atoms with Crippen molar-refractivity contribution in [2.24, 2.45) is 0 Å². The van der Waals surface area contributed by atoms with Crippen molar-refractivity contribution in [3.63, 3.8) is 0 Å². The van der Waals surface area contributed by atoms with Crippen LogP contribution in [0.2, 0.25) is 0 Å². The summed E-state index contributed by atoms with van der Waals surface area (Å²) in [5.74, 6) is 1.73. The second-order valence-corrected chi connectivity index (χ2v) is 5.25. The topological polar surface area (TPSA) is 42.5 Å². The van der Waals surface area contributed by atoms with Crippen LogP contribution in [0.4, 0.5) is 5.69 Å². The van der Waals surface area contributed by atoms with Crippen LogP contribution in [0.5, 0.6) is 11.5 Å². The second-order valence-electron chi connectivity index (χ2n) is 4.84. The van der Waals surface area contributed by atoms with E-state index in [1.807, 2.05) is 62.4 Å². The minimum Gasteiger partial charge on any atom is -0.494 e. The van der Waals surface area contributed by atoms with Crippen LogP contribution in [0.1, 0.15) is 19.4 Å². The van der Waals surface area contributed by atoms with Crippen molar-refractivity contribution in [2.45, 2.75) is 20.4 Å². The van der Waals surface area contributed by atoms with Gasteiger partial charge in [0.05, 0.1) is 13.2 Å². The molecular formula is C18H22N2O2S. The van der Waals surface area contributed by atoms with Gasteiger partial charge in [-0.05, 0) is 68.0 Å². The van der Waals surface area contributed by atoms with Crippen LogP contribution >= 0.6 is 12.2 Å². The van der Waals surface area contributed by atoms with E-state index in [1.54, 1.807) is 0 Å². The summed E-state index contributed by atoms with van der Waals surface area (Å²) in [7, 11) is 0. The lowest BCUT2D eigenvalue weighted by molar-refractivity contribution is 0.340. The predicted octanol–water partition coefficient (Wildman–Crippen LogP) is 3.97. The Morgan fingerprint density at radius 3 is 1.91 bits per heavy atom. The van der Waals surface area contributed by atoms with E-state index in [0.717, 1.165) is 22.7 Å². The number of hydrogen-bond acceptors (Lipinski definition) is 3. The van der Waals surface area contributed by atoms with Gasteiger partial charge in [-0.3, -0.25) is 0 Å². The summed E-state index contributed by atoms with van der Waals surface area (Å²) < 4.78 is 10.8. The standard InChI is InChI=1S/C18H22N2O2S/c1-3-21-16-9-5-14(6-10-16)13-19-18(23)20-15-7-11-17(12-8-15)22-4-2/h5-12H,3-4,13H2,1-2H3,(H2,19,20,23). The van der Waals surface area contributed by atoms with Gasteiger partial charge in [0.25, 0.3) is 0 Å². The van der Waals surface area contributed by atoms with Crippen LogP contribution in [0.25, 0.3) is 0 Å². The van der Waals surface area contributed by atoms with Crippen LogP contribution in [-0.2, 0) is 6.54 Å². The molecule has 2 aromatic rings. The molecule has 0 atom stereocenters. The van der Waals surface area contributed by atoms with Gasteiger partial charge in [-0.15, -0.1) is 0 Å². The van der Waals surface area contributed by atoms with Crippen LogP contribution in [0, 0.1) is 0 Å². The molecule has 0 aliphatic rings. The first-order valence-corrected chi connectivity index (χ1v) is 8.11. The number of nitrogens with one attached hydrogen (secondary N) is 2. The van der Waals surface area contributed by atoms with Crippen LogP contribution in [0.15, 0.2) is 48.5 Å². The van der Waals surface area contributed by atoms with Crippen molar-refractivity contribution in [2.75, 3.05) is 18.5 Å². The molecule has 0 unspecified atom stereocenters. The molecule has 0 aliphatic heterocycles. The van der Waals surface area contributed by atoms with E-state index in [2.05, 4.69) is 10.6 Å². The highest BCUT2D eigenvalue weighted by Gasteiger charge is 2.00. The molecule has 0 saturated heterocycles. The van der Waals surface area contributed by atoms with Gasteiger partial charge in [-0.25, -0.2) is 0 Å². The normalized spacial score (nSPS) is 10.0. The molecule has 0 aromatic heterocycles. The number of ether oxygens (including phenoxy) is 2. The highest BCUT2D eigenvalue weighted by Crippen LogP contribution is 2.15. The Hall–Kier alpha value is -2.27. The lowest BCUT2D eigenvalue weighted by Gasteiger charge is -2.11. The van der Waals surface area contributed by atoms with Crippen LogP contribution in [0.3, 0.4) is 0 Å². The van der Waals surface area contributed by atoms with E-state index in [0.29, 0.717) is 24.9 Å². The predicted molar refractivity (Wildman–Crippen MR) is 98.3 cm³/mol. The molecule has 0 saturated carbocycles. The smallest absolute Gasteiger partial charge is 0.171 e. The van der Waals surface area contributed by atoms with Crippen LogP contribution < -0.4 is 20.1 Å². The third-order valence-electron chi connectivity index (χ3n) is 3.11. The van der Waals surface area contributed by atoms with Gasteiger partial charge in [0.15, 0.2) is 5.11 Å². The van der Waals surface area contributed by atoms with E-state index < -0.39 is 0 Å². The fourth-order valence-corrected chi connectivity index (χ4v) is 2.22. The lowest BCUT2D eigenvalue weighted by Crippen LogP contribution is -2.27. The average molecular weight is 330 g/mol. The molecule has 2 N–H and O–H groups in total. The largest absolute Gasteiger partial charge is 0.494 e. The molecule has 0 bridgehead atoms. The highest BCUT2D eigenvalue weighted by atomic mass is 32.1. The monoisotopic (exact) mass is 330 g/mol. The van der Waals surface area contributed by atoms with Gasteiger partial charge < -0.3 is 20.1 Å². The average Bonchev–Trinajstić information content (AvgIpc) is 2.57. The Labute approximate surface area is 142 Å². The van der Waals surface area contributed by atoms with Gasteiger partial charge in [-0.2, -0.15) is 0 Å². The Morgan fingerprint density at radius 2 is 1.39 bits per heavy atom. The summed E-state index contributed by atoms with van der Waals surface area (Å²) in [5.41, 5.74) is 2.07. The van der Waals surface area contributed by atoms with Gasteiger partial charge >= 0.3 is 0 Å². The third-order valence-corrected chi connectivity index (χ3v) is 3.36. The first kappa shape index (κ1) is 17.1. The Kier molecular flexibility index (Phi) is 6.69. The van der Waals surface area contributed by atoms with E-state index in [-0.39, 0.29) is 0 Å². The summed E-state index contributed by atoms with van der Waals surface area (Å²) in [6.45, 7) is 5.93. The van der Waals surface area contributed by atoms with Crippen molar-refractivity contribution < 1.29 is 9.47 Å². The SMILES string of the molecule is CCOc1ccc(CNC(=S)Nc2ccc(OCC)cc2)cc1. The summed E-state index contributed by atoms with van der Waals surface area (Å²) in [6, 6.07) is 15.7. The zero-order valence-corrected chi connectivity index (χ0v) is 14.3. The van der Waals surface area contributed by atoms with E-state index in [9.17, 15) is 0 Å². The second kappa shape index (κ2) is 9.00. The number of hydrogen-bond donors (Lipinski definition) is 2. The minimum absolute atomic E-state index is 0.586. The molecular weight excluding hydrogens is 308 g/mol. The van der Waals surface area contributed by atoms with E-state index in [4.69, 9.17) is 21.7 Å². The van der Waals surface area contributed by atoms with Crippen molar-refractivity contribution >= 4 is 23.0 Å². The van der Waals surface area contributed by atoms with Crippen LogP contribution in [-0.4, -0.2) is 18.3 Å². The summed E-state index contributed by atoms with van der Waals surface area (Å²) in [6.07, 6.45) is 0. The fourth-order valence-electron chi connectivity index (χ4n) is 2.03. The molecule has 4 nitrogen and oxygen atoms in total. The molecule has 0 heterocycles. The quantitative estimate of drug-likeness (QED) is 0.752. The molecule has 0 radical (unpaired) electrons. The molecule has 2 rings (SSSR count). The van der Waals surface area contributed by atoms with Gasteiger partial charge in [-0.1, -0.05) is 12.1 Å².